The number of hydrogen-bond donors (Lipinski definition) is 1. The van der Waals surface area contributed by atoms with Gasteiger partial charge in [0.1, 0.15) is 11.6 Å². The highest BCUT2D eigenvalue weighted by Gasteiger charge is 2.36. The molecule has 2 rings (SSSR count). The number of halogens is 3. The molecule has 5 nitrogen and oxygen atoms in total. The molecule has 118 valence electrons. The number of hydrogen-bond acceptors (Lipinski definition) is 5. The summed E-state index contributed by atoms with van der Waals surface area (Å²) < 4.78 is 38.6. The normalized spacial score (nSPS) is 17.8. The molecule has 1 aliphatic heterocycles. The lowest BCUT2D eigenvalue weighted by molar-refractivity contribution is -0.144. The topological polar surface area (TPSA) is 44.3 Å². The SMILES string of the molecule is CNc1cc(N(C)C2CCN(C)CC2)nc(C(F)(F)F)n1. The Labute approximate surface area is 122 Å². The number of piperidine rings is 1. The van der Waals surface area contributed by atoms with E-state index in [1.165, 1.54) is 0 Å². The number of alkyl halides is 3. The Morgan fingerprint density at radius 3 is 2.43 bits per heavy atom. The van der Waals surface area contributed by atoms with Gasteiger partial charge in [0.15, 0.2) is 0 Å². The van der Waals surface area contributed by atoms with E-state index in [0.717, 1.165) is 25.9 Å². The molecule has 1 saturated heterocycles. The molecule has 1 aliphatic rings. The van der Waals surface area contributed by atoms with E-state index < -0.39 is 12.0 Å². The van der Waals surface area contributed by atoms with Crippen molar-refractivity contribution in [3.8, 4) is 0 Å². The Bertz CT molecular complexity index is 483. The molecule has 0 spiro atoms. The second kappa shape index (κ2) is 6.05. The van der Waals surface area contributed by atoms with Crippen LogP contribution in [0.25, 0.3) is 0 Å². The van der Waals surface area contributed by atoms with E-state index in [9.17, 15) is 13.2 Å². The van der Waals surface area contributed by atoms with Crippen LogP contribution in [0, 0.1) is 0 Å². The summed E-state index contributed by atoms with van der Waals surface area (Å²) in [6, 6.07) is 1.75. The maximum atomic E-state index is 12.9. The monoisotopic (exact) mass is 303 g/mol. The predicted octanol–water partition coefficient (Wildman–Crippen LogP) is 2.07. The quantitative estimate of drug-likeness (QED) is 0.926. The third kappa shape index (κ3) is 3.75. The summed E-state index contributed by atoms with van der Waals surface area (Å²) in [5.41, 5.74) is 0. The van der Waals surface area contributed by atoms with Crippen LogP contribution in [0.4, 0.5) is 24.8 Å². The summed E-state index contributed by atoms with van der Waals surface area (Å²) in [5.74, 6) is -0.632. The number of likely N-dealkylation sites (tertiary alicyclic amines) is 1. The van der Waals surface area contributed by atoms with E-state index >= 15 is 0 Å². The van der Waals surface area contributed by atoms with E-state index in [2.05, 4.69) is 20.2 Å². The van der Waals surface area contributed by atoms with Crippen molar-refractivity contribution >= 4 is 11.6 Å². The first-order valence-corrected chi connectivity index (χ1v) is 6.86. The van der Waals surface area contributed by atoms with Crippen molar-refractivity contribution < 1.29 is 13.2 Å². The number of anilines is 2. The molecule has 0 aromatic carbocycles. The molecule has 1 aromatic rings. The van der Waals surface area contributed by atoms with Gasteiger partial charge in [0.05, 0.1) is 0 Å². The zero-order valence-electron chi connectivity index (χ0n) is 12.4. The van der Waals surface area contributed by atoms with Gasteiger partial charge < -0.3 is 15.1 Å². The van der Waals surface area contributed by atoms with E-state index in [1.54, 1.807) is 20.2 Å². The predicted molar refractivity (Wildman–Crippen MR) is 75.5 cm³/mol. The molecule has 0 saturated carbocycles. The lowest BCUT2D eigenvalue weighted by atomic mass is 10.0. The minimum Gasteiger partial charge on any atom is -0.373 e. The number of rotatable bonds is 3. The third-order valence-electron chi connectivity index (χ3n) is 3.82. The van der Waals surface area contributed by atoms with Gasteiger partial charge in [0.25, 0.3) is 0 Å². The summed E-state index contributed by atoms with van der Waals surface area (Å²) >= 11 is 0. The van der Waals surface area contributed by atoms with Crippen LogP contribution in [0.1, 0.15) is 18.7 Å². The smallest absolute Gasteiger partial charge is 0.373 e. The zero-order chi connectivity index (χ0) is 15.6. The van der Waals surface area contributed by atoms with Gasteiger partial charge in [0.2, 0.25) is 5.82 Å². The van der Waals surface area contributed by atoms with Crippen LogP contribution in [-0.2, 0) is 6.18 Å². The van der Waals surface area contributed by atoms with Crippen LogP contribution in [-0.4, -0.2) is 55.1 Å². The molecule has 1 aromatic heterocycles. The first kappa shape index (κ1) is 15.8. The fourth-order valence-corrected chi connectivity index (χ4v) is 2.44. The highest BCUT2D eigenvalue weighted by Crippen LogP contribution is 2.30. The van der Waals surface area contributed by atoms with Gasteiger partial charge in [-0.15, -0.1) is 0 Å². The molecule has 0 radical (unpaired) electrons. The Balaban J connectivity index is 2.25. The van der Waals surface area contributed by atoms with Crippen LogP contribution in [0.5, 0.6) is 0 Å². The van der Waals surface area contributed by atoms with E-state index in [4.69, 9.17) is 0 Å². The maximum Gasteiger partial charge on any atom is 0.451 e. The van der Waals surface area contributed by atoms with Crippen molar-refractivity contribution in [3.05, 3.63) is 11.9 Å². The van der Waals surface area contributed by atoms with Crippen molar-refractivity contribution in [3.63, 3.8) is 0 Å². The summed E-state index contributed by atoms with van der Waals surface area (Å²) in [6.07, 6.45) is -2.73. The van der Waals surface area contributed by atoms with Gasteiger partial charge in [-0.3, -0.25) is 0 Å². The molecule has 0 amide bonds. The second-order valence-electron chi connectivity index (χ2n) is 5.33. The Morgan fingerprint density at radius 2 is 1.90 bits per heavy atom. The van der Waals surface area contributed by atoms with Crippen LogP contribution in [0.15, 0.2) is 6.07 Å². The summed E-state index contributed by atoms with van der Waals surface area (Å²) in [7, 11) is 5.38. The molecular weight excluding hydrogens is 283 g/mol. The van der Waals surface area contributed by atoms with Gasteiger partial charge in [-0.25, -0.2) is 9.97 Å². The number of aromatic nitrogens is 2. The standard InChI is InChI=1S/C13H20F3N5/c1-17-10-8-11(19-12(18-10)13(14,15)16)21(3)9-4-6-20(2)7-5-9/h8-9H,4-7H2,1-3H3,(H,17,18,19). The van der Waals surface area contributed by atoms with Crippen LogP contribution < -0.4 is 10.2 Å². The third-order valence-corrected chi connectivity index (χ3v) is 3.82. The fraction of sp³-hybridized carbons (Fsp3) is 0.692. The van der Waals surface area contributed by atoms with Gasteiger partial charge in [-0.05, 0) is 33.0 Å². The minimum atomic E-state index is -4.55. The highest BCUT2D eigenvalue weighted by molar-refractivity contribution is 5.49. The molecule has 8 heteroatoms. The molecule has 1 N–H and O–H groups in total. The van der Waals surface area contributed by atoms with Crippen LogP contribution in [0.3, 0.4) is 0 Å². The minimum absolute atomic E-state index is 0.173. The van der Waals surface area contributed by atoms with Gasteiger partial charge >= 0.3 is 6.18 Å². The van der Waals surface area contributed by atoms with Crippen molar-refractivity contribution in [1.29, 1.82) is 0 Å². The Morgan fingerprint density at radius 1 is 1.29 bits per heavy atom. The van der Waals surface area contributed by atoms with Gasteiger partial charge in [-0.1, -0.05) is 0 Å². The molecular formula is C13H20F3N5. The van der Waals surface area contributed by atoms with Crippen LogP contribution >= 0.6 is 0 Å². The van der Waals surface area contributed by atoms with E-state index in [0.29, 0.717) is 5.82 Å². The summed E-state index contributed by atoms with van der Waals surface area (Å²) in [5, 5.41) is 2.66. The Hall–Kier alpha value is -1.57. The summed E-state index contributed by atoms with van der Waals surface area (Å²) in [6.45, 7) is 1.87. The van der Waals surface area contributed by atoms with Crippen molar-refractivity contribution in [1.82, 2.24) is 14.9 Å². The molecule has 21 heavy (non-hydrogen) atoms. The van der Waals surface area contributed by atoms with E-state index in [-0.39, 0.29) is 11.9 Å². The number of nitrogens with zero attached hydrogens (tertiary/aromatic N) is 4. The molecule has 2 heterocycles. The second-order valence-corrected chi connectivity index (χ2v) is 5.33. The lowest BCUT2D eigenvalue weighted by Crippen LogP contribution is -2.42. The number of nitrogens with one attached hydrogen (secondary N) is 1. The first-order valence-electron chi connectivity index (χ1n) is 6.86. The molecule has 0 atom stereocenters. The average molecular weight is 303 g/mol. The average Bonchev–Trinajstić information content (AvgIpc) is 2.46. The molecule has 0 aliphatic carbocycles. The van der Waals surface area contributed by atoms with E-state index in [1.807, 2.05) is 11.9 Å². The van der Waals surface area contributed by atoms with Gasteiger partial charge in [-0.2, -0.15) is 13.2 Å². The first-order chi connectivity index (χ1) is 9.81. The van der Waals surface area contributed by atoms with Crippen molar-refractivity contribution in [2.24, 2.45) is 0 Å². The lowest BCUT2D eigenvalue weighted by Gasteiger charge is -2.35. The van der Waals surface area contributed by atoms with Crippen molar-refractivity contribution in [2.75, 3.05) is 44.4 Å². The van der Waals surface area contributed by atoms with Crippen LogP contribution in [0.2, 0.25) is 0 Å². The fourth-order valence-electron chi connectivity index (χ4n) is 2.44. The zero-order valence-corrected chi connectivity index (χ0v) is 12.4. The highest BCUT2D eigenvalue weighted by atomic mass is 19.4. The largest absolute Gasteiger partial charge is 0.451 e. The van der Waals surface area contributed by atoms with Gasteiger partial charge in [0, 0.05) is 26.2 Å². The molecule has 0 unspecified atom stereocenters. The molecule has 1 fully saturated rings. The summed E-state index contributed by atoms with van der Waals surface area (Å²) in [4.78, 5) is 11.2. The molecule has 0 bridgehead atoms. The Kier molecular flexibility index (Phi) is 4.55. The maximum absolute atomic E-state index is 12.9. The van der Waals surface area contributed by atoms with Crippen molar-refractivity contribution in [2.45, 2.75) is 25.1 Å².